The first-order valence-electron chi connectivity index (χ1n) is 8.19. The van der Waals surface area contributed by atoms with E-state index in [0.29, 0.717) is 11.4 Å². The Bertz CT molecular complexity index is 940. The molecule has 0 unspecified atom stereocenters. The molecule has 1 heterocycles. The zero-order chi connectivity index (χ0) is 20.7. The van der Waals surface area contributed by atoms with Crippen LogP contribution in [0, 0.1) is 0 Å². The second-order valence-electron chi connectivity index (χ2n) is 5.79. The minimum Gasteiger partial charge on any atom is -0.497 e. The van der Waals surface area contributed by atoms with Gasteiger partial charge in [-0.15, -0.1) is 0 Å². The highest BCUT2D eigenvalue weighted by molar-refractivity contribution is 5.95. The molecule has 0 radical (unpaired) electrons. The van der Waals surface area contributed by atoms with Gasteiger partial charge in [-0.05, 0) is 18.2 Å². The Morgan fingerprint density at radius 1 is 1.21 bits per heavy atom. The summed E-state index contributed by atoms with van der Waals surface area (Å²) in [5, 5.41) is 6.38. The van der Waals surface area contributed by atoms with Crippen molar-refractivity contribution in [2.45, 2.75) is 0 Å². The number of benzene rings is 1. The number of ether oxygens (including phenoxy) is 2. The summed E-state index contributed by atoms with van der Waals surface area (Å²) in [4.78, 5) is 48.4. The molecule has 0 saturated carbocycles. The molecule has 0 bridgehead atoms. The lowest BCUT2D eigenvalue weighted by Gasteiger charge is -2.17. The van der Waals surface area contributed by atoms with Gasteiger partial charge in [0.25, 0.3) is 11.5 Å². The number of aryl methyl sites for hydroxylation is 1. The van der Waals surface area contributed by atoms with Gasteiger partial charge < -0.3 is 19.7 Å². The van der Waals surface area contributed by atoms with E-state index in [2.05, 4.69) is 10.4 Å². The van der Waals surface area contributed by atoms with E-state index in [1.54, 1.807) is 24.3 Å². The molecule has 10 nitrogen and oxygen atoms in total. The Morgan fingerprint density at radius 3 is 2.64 bits per heavy atom. The van der Waals surface area contributed by atoms with Crippen LogP contribution in [0.1, 0.15) is 10.5 Å². The van der Waals surface area contributed by atoms with Gasteiger partial charge in [-0.2, -0.15) is 5.10 Å². The molecule has 2 rings (SSSR count). The predicted octanol–water partition coefficient (Wildman–Crippen LogP) is 0.0428. The van der Waals surface area contributed by atoms with Crippen molar-refractivity contribution in [2.75, 3.05) is 32.6 Å². The van der Waals surface area contributed by atoms with Crippen LogP contribution >= 0.6 is 0 Å². The third-order valence-corrected chi connectivity index (χ3v) is 3.66. The van der Waals surface area contributed by atoms with Crippen molar-refractivity contribution in [1.29, 1.82) is 0 Å². The molecule has 1 aromatic heterocycles. The van der Waals surface area contributed by atoms with E-state index in [0.717, 1.165) is 9.58 Å². The number of rotatable bonds is 7. The third-order valence-electron chi connectivity index (χ3n) is 3.66. The van der Waals surface area contributed by atoms with Gasteiger partial charge in [-0.25, -0.2) is 9.48 Å². The van der Waals surface area contributed by atoms with E-state index in [1.807, 2.05) is 0 Å². The monoisotopic (exact) mass is 388 g/mol. The summed E-state index contributed by atoms with van der Waals surface area (Å²) in [6, 6.07) is 9.15. The van der Waals surface area contributed by atoms with Crippen LogP contribution in [0.25, 0.3) is 0 Å². The number of carbonyl (C=O) groups excluding carboxylic acids is 3. The highest BCUT2D eigenvalue weighted by atomic mass is 16.5. The van der Waals surface area contributed by atoms with Crippen molar-refractivity contribution in [2.24, 2.45) is 7.05 Å². The summed E-state index contributed by atoms with van der Waals surface area (Å²) >= 11 is 0. The lowest BCUT2D eigenvalue weighted by Crippen LogP contribution is -2.37. The summed E-state index contributed by atoms with van der Waals surface area (Å²) in [5.74, 6) is -1.26. The second-order valence-corrected chi connectivity index (χ2v) is 5.79. The fraction of sp³-hybridized carbons (Fsp3) is 0.278. The zero-order valence-electron chi connectivity index (χ0n) is 15.7. The van der Waals surface area contributed by atoms with Crippen molar-refractivity contribution in [3.05, 3.63) is 52.4 Å². The SMILES string of the molecule is COc1cccc(NC(=O)CN(C)C(=O)COC(=O)c2ccc(=O)n(C)n2)c1. The molecule has 0 atom stereocenters. The van der Waals surface area contributed by atoms with E-state index in [9.17, 15) is 19.2 Å². The van der Waals surface area contributed by atoms with E-state index in [-0.39, 0.29) is 17.8 Å². The minimum absolute atomic E-state index is 0.103. The number of hydrogen-bond donors (Lipinski definition) is 1. The first-order valence-corrected chi connectivity index (χ1v) is 8.19. The fourth-order valence-electron chi connectivity index (χ4n) is 2.13. The number of amides is 2. The van der Waals surface area contributed by atoms with Crippen LogP contribution in [0.3, 0.4) is 0 Å². The fourth-order valence-corrected chi connectivity index (χ4v) is 2.13. The lowest BCUT2D eigenvalue weighted by molar-refractivity contribution is -0.136. The predicted molar refractivity (Wildman–Crippen MR) is 99.0 cm³/mol. The topological polar surface area (TPSA) is 120 Å². The van der Waals surface area contributed by atoms with Crippen LogP contribution in [-0.4, -0.2) is 59.8 Å². The summed E-state index contributed by atoms with van der Waals surface area (Å²) in [6.07, 6.45) is 0. The molecule has 2 aromatic rings. The molecule has 0 aliphatic heterocycles. The molecule has 0 spiro atoms. The average molecular weight is 388 g/mol. The largest absolute Gasteiger partial charge is 0.497 e. The molecule has 148 valence electrons. The van der Waals surface area contributed by atoms with Gasteiger partial charge in [0, 0.05) is 31.9 Å². The first kappa shape index (κ1) is 20.6. The van der Waals surface area contributed by atoms with Gasteiger partial charge in [0.1, 0.15) is 5.75 Å². The maximum absolute atomic E-state index is 12.1. The van der Waals surface area contributed by atoms with Crippen LogP contribution in [0.4, 0.5) is 5.69 Å². The molecule has 0 fully saturated rings. The van der Waals surface area contributed by atoms with Gasteiger partial charge in [-0.1, -0.05) is 6.07 Å². The Morgan fingerprint density at radius 2 is 1.96 bits per heavy atom. The van der Waals surface area contributed by atoms with Crippen molar-refractivity contribution >= 4 is 23.5 Å². The summed E-state index contributed by atoms with van der Waals surface area (Å²) in [6.45, 7) is -0.794. The van der Waals surface area contributed by atoms with Gasteiger partial charge in [0.05, 0.1) is 13.7 Å². The van der Waals surface area contributed by atoms with Crippen LogP contribution < -0.4 is 15.6 Å². The molecule has 28 heavy (non-hydrogen) atoms. The lowest BCUT2D eigenvalue weighted by atomic mass is 10.3. The van der Waals surface area contributed by atoms with Crippen LogP contribution in [0.2, 0.25) is 0 Å². The Kier molecular flexibility index (Phi) is 6.85. The summed E-state index contributed by atoms with van der Waals surface area (Å²) in [7, 11) is 4.31. The van der Waals surface area contributed by atoms with E-state index in [1.165, 1.54) is 33.3 Å². The Hall–Kier alpha value is -3.69. The van der Waals surface area contributed by atoms with Gasteiger partial charge >= 0.3 is 5.97 Å². The standard InChI is InChI=1S/C18H20N4O6/c1-21(10-15(23)19-12-5-4-6-13(9-12)27-3)17(25)11-28-18(26)14-7-8-16(24)22(2)20-14/h4-9H,10-11H2,1-3H3,(H,19,23). The molecular weight excluding hydrogens is 368 g/mol. The molecule has 0 saturated heterocycles. The van der Waals surface area contributed by atoms with Crippen LogP contribution in [0.5, 0.6) is 5.75 Å². The molecule has 0 aliphatic rings. The number of likely N-dealkylation sites (N-methyl/N-ethyl adjacent to an activating group) is 1. The quantitative estimate of drug-likeness (QED) is 0.665. The third kappa shape index (κ3) is 5.66. The molecule has 0 aliphatic carbocycles. The van der Waals surface area contributed by atoms with Crippen molar-refractivity contribution in [1.82, 2.24) is 14.7 Å². The van der Waals surface area contributed by atoms with Gasteiger partial charge in [-0.3, -0.25) is 14.4 Å². The van der Waals surface area contributed by atoms with Crippen LogP contribution in [0.15, 0.2) is 41.2 Å². The molecule has 1 N–H and O–H groups in total. The highest BCUT2D eigenvalue weighted by Crippen LogP contribution is 2.16. The van der Waals surface area contributed by atoms with Crippen molar-refractivity contribution < 1.29 is 23.9 Å². The second kappa shape index (κ2) is 9.31. The number of esters is 1. The Labute approximate surface area is 160 Å². The van der Waals surface area contributed by atoms with E-state index in [4.69, 9.17) is 9.47 Å². The zero-order valence-corrected chi connectivity index (χ0v) is 15.7. The number of nitrogens with one attached hydrogen (secondary N) is 1. The molecule has 1 aromatic carbocycles. The number of aromatic nitrogens is 2. The highest BCUT2D eigenvalue weighted by Gasteiger charge is 2.17. The van der Waals surface area contributed by atoms with E-state index >= 15 is 0 Å². The summed E-state index contributed by atoms with van der Waals surface area (Å²) in [5.41, 5.74) is 0.0418. The maximum atomic E-state index is 12.1. The average Bonchev–Trinajstić information content (AvgIpc) is 2.67. The molecular formula is C18H20N4O6. The molecule has 10 heteroatoms. The normalized spacial score (nSPS) is 10.1. The van der Waals surface area contributed by atoms with Crippen molar-refractivity contribution in [3.8, 4) is 5.75 Å². The number of methoxy groups -OCH3 is 1. The molecule has 2 amide bonds. The summed E-state index contributed by atoms with van der Waals surface area (Å²) < 4.78 is 10.9. The minimum atomic E-state index is -0.849. The Balaban J connectivity index is 1.84. The number of nitrogens with zero attached hydrogens (tertiary/aromatic N) is 3. The maximum Gasteiger partial charge on any atom is 0.359 e. The number of hydrogen-bond acceptors (Lipinski definition) is 7. The first-order chi connectivity index (χ1) is 13.3. The number of anilines is 1. The van der Waals surface area contributed by atoms with Gasteiger partial charge in [0.15, 0.2) is 12.3 Å². The van der Waals surface area contributed by atoms with E-state index < -0.39 is 24.4 Å². The smallest absolute Gasteiger partial charge is 0.359 e. The number of carbonyl (C=O) groups is 3. The van der Waals surface area contributed by atoms with Gasteiger partial charge in [0.2, 0.25) is 5.91 Å². The van der Waals surface area contributed by atoms with Crippen molar-refractivity contribution in [3.63, 3.8) is 0 Å². The van der Waals surface area contributed by atoms with Crippen LogP contribution in [-0.2, 0) is 21.4 Å².